The summed E-state index contributed by atoms with van der Waals surface area (Å²) in [6, 6.07) is 11.4. The minimum atomic E-state index is -0.194. The first-order valence-electron chi connectivity index (χ1n) is 7.95. The van der Waals surface area contributed by atoms with E-state index in [-0.39, 0.29) is 11.7 Å². The van der Waals surface area contributed by atoms with Crippen LogP contribution < -0.4 is 10.1 Å². The van der Waals surface area contributed by atoms with Gasteiger partial charge < -0.3 is 15.2 Å². The van der Waals surface area contributed by atoms with Gasteiger partial charge in [0.1, 0.15) is 0 Å². The Morgan fingerprint density at radius 3 is 2.69 bits per heavy atom. The highest BCUT2D eigenvalue weighted by Crippen LogP contribution is 2.35. The van der Waals surface area contributed by atoms with Gasteiger partial charge in [0.2, 0.25) is 0 Å². The van der Waals surface area contributed by atoms with Gasteiger partial charge in [-0.25, -0.2) is 4.99 Å². The molecule has 26 heavy (non-hydrogen) atoms. The SMILES string of the molecule is CCc1ccc(N=C2NC(=O)/C(=C/c3cc(I)c(O)c(OC)c3)S2)cc1. The molecule has 0 aromatic heterocycles. The average Bonchev–Trinajstić information content (AvgIpc) is 2.97. The fourth-order valence-corrected chi connectivity index (χ4v) is 3.86. The number of hydrogen-bond donors (Lipinski definition) is 2. The Balaban J connectivity index is 1.84. The molecule has 1 fully saturated rings. The number of phenols is 1. The number of benzene rings is 2. The van der Waals surface area contributed by atoms with Gasteiger partial charge in [-0.3, -0.25) is 4.79 Å². The van der Waals surface area contributed by atoms with Crippen LogP contribution in [0.1, 0.15) is 18.1 Å². The van der Waals surface area contributed by atoms with E-state index in [1.54, 1.807) is 18.2 Å². The molecule has 1 amide bonds. The number of nitrogens with zero attached hydrogens (tertiary/aromatic N) is 1. The molecule has 3 rings (SSSR count). The molecule has 1 heterocycles. The van der Waals surface area contributed by atoms with Crippen molar-refractivity contribution in [2.24, 2.45) is 4.99 Å². The zero-order valence-electron chi connectivity index (χ0n) is 14.2. The number of hydrogen-bond acceptors (Lipinski definition) is 5. The monoisotopic (exact) mass is 480 g/mol. The highest BCUT2D eigenvalue weighted by Gasteiger charge is 2.24. The first-order chi connectivity index (χ1) is 12.5. The summed E-state index contributed by atoms with van der Waals surface area (Å²) in [7, 11) is 1.49. The van der Waals surface area contributed by atoms with E-state index in [0.717, 1.165) is 17.7 Å². The number of aromatic hydroxyl groups is 1. The number of ether oxygens (including phenoxy) is 1. The Hall–Kier alpha value is -2.00. The number of thioether (sulfide) groups is 1. The van der Waals surface area contributed by atoms with Gasteiger partial charge in [0, 0.05) is 0 Å². The van der Waals surface area contributed by atoms with Gasteiger partial charge in [-0.2, -0.15) is 0 Å². The molecule has 2 aromatic carbocycles. The van der Waals surface area contributed by atoms with Crippen molar-refractivity contribution < 1.29 is 14.6 Å². The van der Waals surface area contributed by atoms with Gasteiger partial charge in [0.15, 0.2) is 16.7 Å². The van der Waals surface area contributed by atoms with Crippen molar-refractivity contribution in [2.45, 2.75) is 13.3 Å². The number of aryl methyl sites for hydroxylation is 1. The van der Waals surface area contributed by atoms with Crippen molar-refractivity contribution in [3.05, 3.63) is 56.0 Å². The molecule has 7 heteroatoms. The number of aliphatic imine (C=N–C) groups is 1. The van der Waals surface area contributed by atoms with E-state index in [0.29, 0.717) is 19.4 Å². The molecule has 0 atom stereocenters. The van der Waals surface area contributed by atoms with E-state index in [2.05, 4.69) is 17.2 Å². The summed E-state index contributed by atoms with van der Waals surface area (Å²) in [5, 5.41) is 13.2. The Bertz CT molecular complexity index is 908. The van der Waals surface area contributed by atoms with Crippen molar-refractivity contribution in [1.82, 2.24) is 5.32 Å². The lowest BCUT2D eigenvalue weighted by Gasteiger charge is -2.06. The highest BCUT2D eigenvalue weighted by atomic mass is 127. The molecule has 2 N–H and O–H groups in total. The van der Waals surface area contributed by atoms with Crippen LogP contribution in [-0.4, -0.2) is 23.3 Å². The minimum Gasteiger partial charge on any atom is -0.504 e. The molecule has 1 saturated heterocycles. The zero-order chi connectivity index (χ0) is 18.7. The van der Waals surface area contributed by atoms with Crippen LogP contribution in [0.4, 0.5) is 5.69 Å². The van der Waals surface area contributed by atoms with E-state index < -0.39 is 0 Å². The largest absolute Gasteiger partial charge is 0.504 e. The van der Waals surface area contributed by atoms with Crippen molar-refractivity contribution >= 4 is 57.2 Å². The van der Waals surface area contributed by atoms with Gasteiger partial charge in [0.05, 0.1) is 21.3 Å². The molecule has 0 unspecified atom stereocenters. The quantitative estimate of drug-likeness (QED) is 0.501. The van der Waals surface area contributed by atoms with Crippen LogP contribution in [0.2, 0.25) is 0 Å². The zero-order valence-corrected chi connectivity index (χ0v) is 17.2. The van der Waals surface area contributed by atoms with Crippen LogP contribution >= 0.6 is 34.4 Å². The van der Waals surface area contributed by atoms with Gasteiger partial charge in [-0.15, -0.1) is 0 Å². The Kier molecular flexibility index (Phi) is 5.87. The molecular formula is C19H17IN2O3S. The van der Waals surface area contributed by atoms with Crippen molar-refractivity contribution in [3.8, 4) is 11.5 Å². The van der Waals surface area contributed by atoms with E-state index in [1.165, 1.54) is 24.4 Å². The first kappa shape index (κ1) is 18.8. The maximum Gasteiger partial charge on any atom is 0.264 e. The number of amidine groups is 1. The summed E-state index contributed by atoms with van der Waals surface area (Å²) in [5.74, 6) is 0.273. The molecule has 1 aliphatic rings. The van der Waals surface area contributed by atoms with Crippen LogP contribution in [0.15, 0.2) is 46.3 Å². The van der Waals surface area contributed by atoms with Gasteiger partial charge >= 0.3 is 0 Å². The van der Waals surface area contributed by atoms with Crippen LogP contribution in [0.25, 0.3) is 6.08 Å². The summed E-state index contributed by atoms with van der Waals surface area (Å²) in [6.45, 7) is 2.10. The van der Waals surface area contributed by atoms with Gasteiger partial charge in [0.25, 0.3) is 5.91 Å². The fraction of sp³-hybridized carbons (Fsp3) is 0.158. The second-order valence-electron chi connectivity index (χ2n) is 5.56. The molecule has 1 aliphatic heterocycles. The van der Waals surface area contributed by atoms with E-state index >= 15 is 0 Å². The van der Waals surface area contributed by atoms with E-state index in [9.17, 15) is 9.90 Å². The second kappa shape index (κ2) is 8.13. The van der Waals surface area contributed by atoms with Crippen molar-refractivity contribution in [3.63, 3.8) is 0 Å². The molecule has 5 nitrogen and oxygen atoms in total. The predicted molar refractivity (Wildman–Crippen MR) is 114 cm³/mol. The maximum atomic E-state index is 12.2. The lowest BCUT2D eigenvalue weighted by Crippen LogP contribution is -2.19. The summed E-state index contributed by atoms with van der Waals surface area (Å²) in [5.41, 5.74) is 2.82. The smallest absolute Gasteiger partial charge is 0.264 e. The van der Waals surface area contributed by atoms with Crippen LogP contribution in [0.3, 0.4) is 0 Å². The van der Waals surface area contributed by atoms with Crippen molar-refractivity contribution in [2.75, 3.05) is 7.11 Å². The number of halogens is 1. The lowest BCUT2D eigenvalue weighted by atomic mass is 10.2. The molecular weight excluding hydrogens is 463 g/mol. The minimum absolute atomic E-state index is 0.0940. The Morgan fingerprint density at radius 1 is 1.31 bits per heavy atom. The Morgan fingerprint density at radius 2 is 2.04 bits per heavy atom. The molecule has 0 radical (unpaired) electrons. The van der Waals surface area contributed by atoms with Crippen LogP contribution in [0, 0.1) is 3.57 Å². The third-order valence-corrected chi connectivity index (χ3v) is 5.53. The van der Waals surface area contributed by atoms with Gasteiger partial charge in [-0.05, 0) is 82.2 Å². The molecule has 134 valence electrons. The van der Waals surface area contributed by atoms with E-state index in [1.807, 2.05) is 46.9 Å². The summed E-state index contributed by atoms with van der Waals surface area (Å²) in [6.07, 6.45) is 2.73. The summed E-state index contributed by atoms with van der Waals surface area (Å²) >= 11 is 3.31. The average molecular weight is 480 g/mol. The highest BCUT2D eigenvalue weighted by molar-refractivity contribution is 14.1. The number of carbonyl (C=O) groups is 1. The number of phenolic OH excluding ortho intramolecular Hbond substituents is 1. The molecule has 0 spiro atoms. The molecule has 2 aromatic rings. The number of carbonyl (C=O) groups excluding carboxylic acids is 1. The van der Waals surface area contributed by atoms with Crippen LogP contribution in [0.5, 0.6) is 11.5 Å². The summed E-state index contributed by atoms with van der Waals surface area (Å²) in [4.78, 5) is 17.2. The standard InChI is InChI=1S/C19H17IN2O3S/c1-3-11-4-6-13(7-5-11)21-19-22-18(24)16(26-19)10-12-8-14(20)17(23)15(9-12)25-2/h4-10,23H,3H2,1-2H3,(H,21,22,24)/b16-10-. The number of rotatable bonds is 4. The maximum absolute atomic E-state index is 12.2. The van der Waals surface area contributed by atoms with Gasteiger partial charge in [-0.1, -0.05) is 19.1 Å². The number of methoxy groups -OCH3 is 1. The summed E-state index contributed by atoms with van der Waals surface area (Å²) < 4.78 is 5.82. The second-order valence-corrected chi connectivity index (χ2v) is 7.75. The first-order valence-corrected chi connectivity index (χ1v) is 9.84. The fourth-order valence-electron chi connectivity index (χ4n) is 2.39. The Labute approximate surface area is 169 Å². The topological polar surface area (TPSA) is 70.9 Å². The lowest BCUT2D eigenvalue weighted by molar-refractivity contribution is -0.115. The van der Waals surface area contributed by atoms with Crippen molar-refractivity contribution in [1.29, 1.82) is 0 Å². The van der Waals surface area contributed by atoms with Crippen LogP contribution in [-0.2, 0) is 11.2 Å². The third-order valence-electron chi connectivity index (χ3n) is 3.79. The normalized spacial score (nSPS) is 17.0. The number of nitrogens with one attached hydrogen (secondary N) is 1. The number of amides is 1. The third kappa shape index (κ3) is 4.21. The molecule has 0 saturated carbocycles. The van der Waals surface area contributed by atoms with E-state index in [4.69, 9.17) is 4.74 Å². The molecule has 0 aliphatic carbocycles. The molecule has 0 bridgehead atoms. The predicted octanol–water partition coefficient (Wildman–Crippen LogP) is 4.46.